The van der Waals surface area contributed by atoms with Gasteiger partial charge in [0.2, 0.25) is 5.79 Å². The van der Waals surface area contributed by atoms with Crippen LogP contribution in [0.5, 0.6) is 0 Å². The first kappa shape index (κ1) is 34.8. The topological polar surface area (TPSA) is 113 Å². The molecule has 0 aliphatic carbocycles. The summed E-state index contributed by atoms with van der Waals surface area (Å²) in [6.45, 7) is 21.6. The quantitative estimate of drug-likeness (QED) is 0.209. The normalized spacial score (nSPS) is 31.3. The molecule has 8 heteroatoms. The molecule has 2 aliphatic heterocycles. The number of hydrogen-bond donors (Lipinski definition) is 0. The molecule has 0 N–H and O–H groups in total. The molecule has 1 spiro atoms. The van der Waals surface area contributed by atoms with Crippen molar-refractivity contribution in [1.29, 1.82) is 0 Å². The van der Waals surface area contributed by atoms with Crippen molar-refractivity contribution in [2.24, 2.45) is 47.3 Å². The lowest BCUT2D eigenvalue weighted by Crippen LogP contribution is -2.66. The van der Waals surface area contributed by atoms with Gasteiger partial charge in [0.25, 0.3) is 0 Å². The molecule has 2 aliphatic rings. The van der Waals surface area contributed by atoms with Crippen LogP contribution in [-0.2, 0) is 38.2 Å². The highest BCUT2D eigenvalue weighted by atomic mass is 16.7. The molecule has 0 saturated carbocycles. The van der Waals surface area contributed by atoms with Crippen LogP contribution < -0.4 is 0 Å². The number of allylic oxidation sites excluding steroid dienone is 2. The number of esters is 1. The summed E-state index contributed by atoms with van der Waals surface area (Å²) in [5.74, 6) is -6.72. The van der Waals surface area contributed by atoms with Crippen LogP contribution in [0, 0.1) is 47.3 Å². The molecule has 10 atom stereocenters. The first-order chi connectivity index (χ1) is 19.0. The molecule has 1 saturated heterocycles. The van der Waals surface area contributed by atoms with E-state index < -0.39 is 59.3 Å². The Bertz CT molecular complexity index is 1060. The van der Waals surface area contributed by atoms with Gasteiger partial charge in [0.05, 0.1) is 29.8 Å². The number of hydrogen-bond acceptors (Lipinski definition) is 8. The summed E-state index contributed by atoms with van der Waals surface area (Å²) in [6.07, 6.45) is -0.327. The smallest absolute Gasteiger partial charge is 0.306 e. The number of Topliss-reactive ketones (excluding diaryl/α,β-unsaturated/α-hetero) is 4. The average Bonchev–Trinajstić information content (AvgIpc) is 2.94. The van der Waals surface area contributed by atoms with Crippen LogP contribution in [0.3, 0.4) is 0 Å². The molecule has 0 amide bonds. The molecule has 2 unspecified atom stereocenters. The van der Waals surface area contributed by atoms with Crippen molar-refractivity contribution in [3.8, 4) is 0 Å². The number of ketones is 4. The maximum absolute atomic E-state index is 13.8. The van der Waals surface area contributed by atoms with Gasteiger partial charge in [-0.15, -0.1) is 0 Å². The maximum Gasteiger partial charge on any atom is 0.306 e. The van der Waals surface area contributed by atoms with Gasteiger partial charge in [0.1, 0.15) is 23.4 Å². The second-order valence-electron chi connectivity index (χ2n) is 12.8. The molecule has 2 heterocycles. The minimum Gasteiger partial charge on any atom is -0.465 e. The van der Waals surface area contributed by atoms with E-state index in [0.29, 0.717) is 11.3 Å². The number of carbonyl (C=O) groups is 5. The molecule has 2 rings (SSSR count). The van der Waals surface area contributed by atoms with Gasteiger partial charge in [-0.1, -0.05) is 55.4 Å². The van der Waals surface area contributed by atoms with E-state index >= 15 is 0 Å². The van der Waals surface area contributed by atoms with E-state index in [0.717, 1.165) is 6.42 Å². The zero-order valence-corrected chi connectivity index (χ0v) is 27.2. The van der Waals surface area contributed by atoms with E-state index in [9.17, 15) is 24.0 Å². The van der Waals surface area contributed by atoms with Crippen molar-refractivity contribution < 1.29 is 38.2 Å². The second-order valence-corrected chi connectivity index (χ2v) is 12.8. The summed E-state index contributed by atoms with van der Waals surface area (Å²) >= 11 is 0. The summed E-state index contributed by atoms with van der Waals surface area (Å²) in [6, 6.07) is 0. The molecule has 0 radical (unpaired) electrons. The van der Waals surface area contributed by atoms with Crippen molar-refractivity contribution in [3.05, 3.63) is 11.3 Å². The zero-order chi connectivity index (χ0) is 31.6. The Labute approximate surface area is 246 Å². The van der Waals surface area contributed by atoms with E-state index in [4.69, 9.17) is 14.2 Å². The summed E-state index contributed by atoms with van der Waals surface area (Å²) < 4.78 is 19.5. The molecule has 0 aromatic carbocycles. The van der Waals surface area contributed by atoms with Crippen LogP contribution in [0.15, 0.2) is 11.3 Å². The minimum absolute atomic E-state index is 0.0480. The number of carbonyl (C=O) groups excluding carboxylic acids is 5. The highest BCUT2D eigenvalue weighted by Gasteiger charge is 2.62. The van der Waals surface area contributed by atoms with E-state index in [-0.39, 0.29) is 48.0 Å². The Morgan fingerprint density at radius 2 is 1.51 bits per heavy atom. The van der Waals surface area contributed by atoms with Gasteiger partial charge in [-0.2, -0.15) is 0 Å². The van der Waals surface area contributed by atoms with Gasteiger partial charge in [-0.05, 0) is 40.0 Å². The fourth-order valence-corrected chi connectivity index (χ4v) is 6.37. The summed E-state index contributed by atoms with van der Waals surface area (Å²) in [5.41, 5.74) is 0.551. The van der Waals surface area contributed by atoms with Crippen LogP contribution in [0.4, 0.5) is 0 Å². The Balaban J connectivity index is 2.58. The zero-order valence-electron chi connectivity index (χ0n) is 27.2. The van der Waals surface area contributed by atoms with Crippen molar-refractivity contribution >= 4 is 29.1 Å². The molecular formula is C33H52O8. The maximum atomic E-state index is 13.8. The van der Waals surface area contributed by atoms with E-state index in [2.05, 4.69) is 0 Å². The van der Waals surface area contributed by atoms with Crippen molar-refractivity contribution in [2.45, 2.75) is 120 Å². The molecule has 232 valence electrons. The SMILES string of the molecule is CCC(=O)C(C)C(=O)C(C)C(=O)[C@@H](C)[C@H]1O[C@]2(OC([C@@H](C)CC)=C(C)C(=O)[C@H]2C)[C@H](C)[C@H](OC(=O)CC(C)C)[C@H]1C. The third kappa shape index (κ3) is 6.84. The van der Waals surface area contributed by atoms with Crippen LogP contribution in [-0.4, -0.2) is 47.1 Å². The minimum atomic E-state index is -1.47. The number of ether oxygens (including phenoxy) is 3. The van der Waals surface area contributed by atoms with Gasteiger partial charge in [-0.25, -0.2) is 0 Å². The summed E-state index contributed by atoms with van der Waals surface area (Å²) in [4.78, 5) is 65.6. The Morgan fingerprint density at radius 1 is 0.927 bits per heavy atom. The van der Waals surface area contributed by atoms with E-state index in [1.54, 1.807) is 27.7 Å². The lowest BCUT2D eigenvalue weighted by Gasteiger charge is -2.56. The van der Waals surface area contributed by atoms with Crippen LogP contribution in [0.25, 0.3) is 0 Å². The van der Waals surface area contributed by atoms with Gasteiger partial charge < -0.3 is 14.2 Å². The summed E-state index contributed by atoms with van der Waals surface area (Å²) in [7, 11) is 0. The highest BCUT2D eigenvalue weighted by Crippen LogP contribution is 2.51. The molecule has 0 aromatic heterocycles. The van der Waals surface area contributed by atoms with Gasteiger partial charge in [0.15, 0.2) is 11.6 Å². The van der Waals surface area contributed by atoms with Crippen molar-refractivity contribution in [1.82, 2.24) is 0 Å². The van der Waals surface area contributed by atoms with Crippen LogP contribution in [0.2, 0.25) is 0 Å². The molecular weight excluding hydrogens is 524 g/mol. The molecule has 1 fully saturated rings. The van der Waals surface area contributed by atoms with Gasteiger partial charge in [-0.3, -0.25) is 24.0 Å². The standard InChI is InChI=1S/C33H52O8/c1-13-17(5)30-21(9)29(38)23(11)33(40-30)24(12)32(39-26(35)15-16(3)4)22(10)31(41-33)20(8)28(37)19(7)27(36)18(6)25(34)14-2/h16-20,22-24,31-32H,13-15H2,1-12H3/t17-,18?,19?,20+,22-,23+,24+,31+,32+,33-/m0/s1. The lowest BCUT2D eigenvalue weighted by atomic mass is 9.70. The van der Waals surface area contributed by atoms with E-state index in [1.807, 2.05) is 41.5 Å². The van der Waals surface area contributed by atoms with Crippen molar-refractivity contribution in [2.75, 3.05) is 0 Å². The monoisotopic (exact) mass is 576 g/mol. The third-order valence-corrected chi connectivity index (χ3v) is 9.45. The van der Waals surface area contributed by atoms with E-state index in [1.165, 1.54) is 13.8 Å². The highest BCUT2D eigenvalue weighted by molar-refractivity contribution is 6.11. The Morgan fingerprint density at radius 3 is 2.02 bits per heavy atom. The molecule has 0 bridgehead atoms. The van der Waals surface area contributed by atoms with Crippen LogP contribution >= 0.6 is 0 Å². The first-order valence-electron chi connectivity index (χ1n) is 15.4. The predicted molar refractivity (Wildman–Crippen MR) is 155 cm³/mol. The fraction of sp³-hybridized carbons (Fsp3) is 0.788. The third-order valence-electron chi connectivity index (χ3n) is 9.45. The Kier molecular flexibility index (Phi) is 11.7. The Hall–Kier alpha value is -2.35. The average molecular weight is 577 g/mol. The van der Waals surface area contributed by atoms with Crippen LogP contribution in [0.1, 0.15) is 102 Å². The lowest BCUT2D eigenvalue weighted by molar-refractivity contribution is -0.348. The molecule has 8 nitrogen and oxygen atoms in total. The first-order valence-corrected chi connectivity index (χ1v) is 15.4. The predicted octanol–water partition coefficient (Wildman–Crippen LogP) is 5.89. The summed E-state index contributed by atoms with van der Waals surface area (Å²) in [5, 5.41) is 0. The molecule has 41 heavy (non-hydrogen) atoms. The van der Waals surface area contributed by atoms with Crippen molar-refractivity contribution in [3.63, 3.8) is 0 Å². The largest absolute Gasteiger partial charge is 0.465 e. The second kappa shape index (κ2) is 13.7. The number of rotatable bonds is 12. The van der Waals surface area contributed by atoms with Gasteiger partial charge >= 0.3 is 5.97 Å². The fourth-order valence-electron chi connectivity index (χ4n) is 6.37. The molecule has 0 aromatic rings. The van der Waals surface area contributed by atoms with Gasteiger partial charge in [0, 0.05) is 36.2 Å².